The molecule has 0 radical (unpaired) electrons. The number of esters is 1. The Hall–Kier alpha value is -2.69. The van der Waals surface area contributed by atoms with Gasteiger partial charge in [0.25, 0.3) is 8.32 Å². The Morgan fingerprint density at radius 1 is 0.812 bits per heavy atom. The van der Waals surface area contributed by atoms with Crippen molar-refractivity contribution in [3.8, 4) is 0 Å². The lowest BCUT2D eigenvalue weighted by atomic mass is 9.83. The summed E-state index contributed by atoms with van der Waals surface area (Å²) in [6.07, 6.45) is 1.70. The van der Waals surface area contributed by atoms with E-state index in [1.54, 1.807) is 12.1 Å². The van der Waals surface area contributed by atoms with Gasteiger partial charge >= 0.3 is 5.97 Å². The minimum Gasteiger partial charge on any atom is -0.459 e. The van der Waals surface area contributed by atoms with Crippen LogP contribution in [0.3, 0.4) is 0 Å². The van der Waals surface area contributed by atoms with Gasteiger partial charge in [-0.25, -0.2) is 4.79 Å². The molecule has 4 heteroatoms. The predicted octanol–water partition coefficient (Wildman–Crippen LogP) is 5.20. The Kier molecular flexibility index (Phi) is 6.63. The molecule has 166 valence electrons. The van der Waals surface area contributed by atoms with Crippen molar-refractivity contribution < 1.29 is 14.0 Å². The summed E-state index contributed by atoms with van der Waals surface area (Å²) < 4.78 is 12.7. The van der Waals surface area contributed by atoms with E-state index in [1.807, 2.05) is 18.2 Å². The van der Waals surface area contributed by atoms with Crippen molar-refractivity contribution in [2.24, 2.45) is 5.92 Å². The number of ether oxygens (including phenoxy) is 1. The van der Waals surface area contributed by atoms with Gasteiger partial charge in [0, 0.05) is 6.61 Å². The number of carbonyl (C=O) groups excluding carboxylic acids is 1. The quantitative estimate of drug-likeness (QED) is 0.371. The molecular formula is C28H32O3Si. The van der Waals surface area contributed by atoms with Crippen LogP contribution in [0.2, 0.25) is 5.04 Å². The zero-order valence-corrected chi connectivity index (χ0v) is 20.2. The molecule has 0 atom stereocenters. The van der Waals surface area contributed by atoms with Crippen LogP contribution < -0.4 is 10.4 Å². The smallest absolute Gasteiger partial charge is 0.338 e. The highest BCUT2D eigenvalue weighted by atomic mass is 28.4. The molecule has 32 heavy (non-hydrogen) atoms. The largest absolute Gasteiger partial charge is 0.459 e. The predicted molar refractivity (Wildman–Crippen MR) is 132 cm³/mol. The normalized spacial score (nSPS) is 18.6. The first-order valence-electron chi connectivity index (χ1n) is 11.4. The van der Waals surface area contributed by atoms with Gasteiger partial charge in [0.1, 0.15) is 6.10 Å². The summed E-state index contributed by atoms with van der Waals surface area (Å²) in [4.78, 5) is 12.3. The summed E-state index contributed by atoms with van der Waals surface area (Å²) in [5.74, 6) is 0.173. The van der Waals surface area contributed by atoms with E-state index in [2.05, 4.69) is 81.4 Å². The number of hydrogen-bond donors (Lipinski definition) is 0. The number of hydrogen-bond acceptors (Lipinski definition) is 3. The minimum absolute atomic E-state index is 0.0181. The van der Waals surface area contributed by atoms with E-state index in [-0.39, 0.29) is 17.1 Å². The first-order valence-corrected chi connectivity index (χ1v) is 13.3. The lowest BCUT2D eigenvalue weighted by Gasteiger charge is -2.45. The summed E-state index contributed by atoms with van der Waals surface area (Å²) in [7, 11) is -2.51. The third kappa shape index (κ3) is 4.57. The fourth-order valence-electron chi connectivity index (χ4n) is 4.70. The zero-order valence-electron chi connectivity index (χ0n) is 19.2. The summed E-state index contributed by atoms with van der Waals surface area (Å²) in [6.45, 7) is 7.58. The van der Waals surface area contributed by atoms with E-state index < -0.39 is 8.32 Å². The van der Waals surface area contributed by atoms with Crippen LogP contribution in [-0.4, -0.2) is 27.0 Å². The number of benzene rings is 3. The lowest BCUT2D eigenvalue weighted by Crippen LogP contribution is -2.67. The fraction of sp³-hybridized carbons (Fsp3) is 0.321. The molecule has 0 aromatic heterocycles. The molecule has 0 unspecified atom stereocenters. The number of carbonyl (C=O) groups is 1. The molecule has 1 saturated carbocycles. The molecular weight excluding hydrogens is 412 g/mol. The van der Waals surface area contributed by atoms with Gasteiger partial charge in [0.15, 0.2) is 0 Å². The average molecular weight is 445 g/mol. The molecule has 0 spiro atoms. The molecule has 0 N–H and O–H groups in total. The molecule has 0 heterocycles. The van der Waals surface area contributed by atoms with E-state index in [4.69, 9.17) is 9.16 Å². The second-order valence-electron chi connectivity index (χ2n) is 9.71. The molecule has 1 fully saturated rings. The molecule has 3 aromatic carbocycles. The maximum atomic E-state index is 12.3. The van der Waals surface area contributed by atoms with Gasteiger partial charge in [0.05, 0.1) is 5.56 Å². The minimum atomic E-state index is -2.51. The van der Waals surface area contributed by atoms with Gasteiger partial charge in [-0.3, -0.25) is 0 Å². The van der Waals surface area contributed by atoms with Gasteiger partial charge in [-0.05, 0) is 46.3 Å². The van der Waals surface area contributed by atoms with Crippen molar-refractivity contribution in [2.45, 2.75) is 44.8 Å². The van der Waals surface area contributed by atoms with Crippen LogP contribution in [0.4, 0.5) is 0 Å². The van der Waals surface area contributed by atoms with E-state index in [0.29, 0.717) is 18.1 Å². The standard InChI is InChI=1S/C28H32O3Si/c1-28(2,3)32(25-15-9-5-10-16-25,26-17-11-6-12-18-26)30-21-22-19-24(20-22)31-27(29)23-13-7-4-8-14-23/h4-18,22,24H,19-21H2,1-3H3. The fourth-order valence-corrected chi connectivity index (χ4v) is 9.35. The van der Waals surface area contributed by atoms with E-state index in [1.165, 1.54) is 10.4 Å². The molecule has 0 saturated heterocycles. The Bertz CT molecular complexity index is 967. The van der Waals surface area contributed by atoms with Crippen molar-refractivity contribution in [3.63, 3.8) is 0 Å². The highest BCUT2D eigenvalue weighted by Crippen LogP contribution is 2.39. The van der Waals surface area contributed by atoms with E-state index in [0.717, 1.165) is 12.8 Å². The topological polar surface area (TPSA) is 35.5 Å². The highest BCUT2D eigenvalue weighted by molar-refractivity contribution is 6.99. The van der Waals surface area contributed by atoms with Gasteiger partial charge in [-0.1, -0.05) is 99.6 Å². The van der Waals surface area contributed by atoms with Gasteiger partial charge in [-0.15, -0.1) is 0 Å². The third-order valence-electron chi connectivity index (χ3n) is 6.43. The van der Waals surface area contributed by atoms with Crippen molar-refractivity contribution >= 4 is 24.7 Å². The van der Waals surface area contributed by atoms with Crippen molar-refractivity contribution in [1.82, 2.24) is 0 Å². The van der Waals surface area contributed by atoms with Crippen molar-refractivity contribution in [3.05, 3.63) is 96.6 Å². The SMILES string of the molecule is CC(C)(C)[Si](OCC1CC(OC(=O)c2ccccc2)C1)(c1ccccc1)c1ccccc1. The number of rotatable bonds is 7. The third-order valence-corrected chi connectivity index (χ3v) is 11.4. The van der Waals surface area contributed by atoms with Crippen LogP contribution in [0.5, 0.6) is 0 Å². The first kappa shape index (κ1) is 22.5. The maximum absolute atomic E-state index is 12.3. The van der Waals surface area contributed by atoms with Crippen LogP contribution in [0.1, 0.15) is 44.0 Å². The van der Waals surface area contributed by atoms with Crippen LogP contribution in [0, 0.1) is 5.92 Å². The summed E-state index contributed by atoms with van der Waals surface area (Å²) in [5.41, 5.74) is 0.611. The van der Waals surface area contributed by atoms with Crippen molar-refractivity contribution in [2.75, 3.05) is 6.61 Å². The second-order valence-corrected chi connectivity index (χ2v) is 14.0. The Morgan fingerprint density at radius 2 is 1.28 bits per heavy atom. The van der Waals surface area contributed by atoms with Gasteiger partial charge in [-0.2, -0.15) is 0 Å². The summed E-state index contributed by atoms with van der Waals surface area (Å²) in [5, 5.41) is 2.56. The van der Waals surface area contributed by atoms with Crippen LogP contribution in [-0.2, 0) is 9.16 Å². The van der Waals surface area contributed by atoms with E-state index in [9.17, 15) is 4.79 Å². The lowest BCUT2D eigenvalue weighted by molar-refractivity contribution is -0.0211. The zero-order chi connectivity index (χ0) is 22.6. The van der Waals surface area contributed by atoms with Crippen LogP contribution >= 0.6 is 0 Å². The summed E-state index contributed by atoms with van der Waals surface area (Å²) in [6, 6.07) is 30.6. The van der Waals surface area contributed by atoms with Gasteiger partial charge in [0.2, 0.25) is 0 Å². The molecule has 1 aliphatic rings. The van der Waals surface area contributed by atoms with Crippen LogP contribution in [0.25, 0.3) is 0 Å². The molecule has 3 nitrogen and oxygen atoms in total. The molecule has 3 aromatic rings. The summed E-state index contributed by atoms with van der Waals surface area (Å²) >= 11 is 0. The molecule has 1 aliphatic carbocycles. The van der Waals surface area contributed by atoms with Gasteiger partial charge < -0.3 is 9.16 Å². The van der Waals surface area contributed by atoms with Crippen LogP contribution in [0.15, 0.2) is 91.0 Å². The molecule has 4 rings (SSSR count). The average Bonchev–Trinajstić information content (AvgIpc) is 2.78. The Morgan fingerprint density at radius 3 is 1.75 bits per heavy atom. The van der Waals surface area contributed by atoms with E-state index >= 15 is 0 Å². The Labute approximate surface area is 192 Å². The first-order chi connectivity index (χ1) is 15.4. The second kappa shape index (κ2) is 9.43. The molecule has 0 aliphatic heterocycles. The highest BCUT2D eigenvalue weighted by Gasteiger charge is 2.50. The molecule has 0 bridgehead atoms. The monoisotopic (exact) mass is 444 g/mol. The maximum Gasteiger partial charge on any atom is 0.338 e. The Balaban J connectivity index is 1.47. The van der Waals surface area contributed by atoms with Crippen molar-refractivity contribution in [1.29, 1.82) is 0 Å². The molecule has 0 amide bonds.